The number of halogens is 1. The van der Waals surface area contributed by atoms with Crippen LogP contribution in [0.15, 0.2) is 29.3 Å². The standard InChI is InChI=1S/C15H24ClN3O3S/c1-12(13-5-4-6-14(16)11-13)19-15(17-2)18-7-8-22-9-10-23(3,20)21/h4-6,11-12H,7-10H2,1-3H3,(H2,17,18,19). The third-order valence-electron chi connectivity index (χ3n) is 3.06. The van der Waals surface area contributed by atoms with Crippen LogP contribution in [0.1, 0.15) is 18.5 Å². The molecule has 1 atom stereocenters. The highest BCUT2D eigenvalue weighted by molar-refractivity contribution is 7.90. The summed E-state index contributed by atoms with van der Waals surface area (Å²) in [5, 5.41) is 7.06. The molecule has 0 spiro atoms. The van der Waals surface area contributed by atoms with E-state index in [4.69, 9.17) is 16.3 Å². The topological polar surface area (TPSA) is 79.8 Å². The molecule has 0 saturated carbocycles. The number of hydrogen-bond acceptors (Lipinski definition) is 4. The van der Waals surface area contributed by atoms with E-state index in [9.17, 15) is 8.42 Å². The Labute approximate surface area is 143 Å². The Kier molecular flexibility index (Phi) is 8.36. The predicted molar refractivity (Wildman–Crippen MR) is 94.9 cm³/mol. The van der Waals surface area contributed by atoms with Gasteiger partial charge in [-0.3, -0.25) is 4.99 Å². The van der Waals surface area contributed by atoms with Crippen molar-refractivity contribution < 1.29 is 13.2 Å². The normalized spacial score (nSPS) is 13.7. The van der Waals surface area contributed by atoms with Gasteiger partial charge < -0.3 is 15.4 Å². The molecule has 1 rings (SSSR count). The number of sulfone groups is 1. The fourth-order valence-electron chi connectivity index (χ4n) is 1.81. The van der Waals surface area contributed by atoms with Gasteiger partial charge in [0.25, 0.3) is 0 Å². The van der Waals surface area contributed by atoms with Gasteiger partial charge >= 0.3 is 0 Å². The van der Waals surface area contributed by atoms with Crippen LogP contribution in [0.5, 0.6) is 0 Å². The van der Waals surface area contributed by atoms with Crippen LogP contribution in [0.2, 0.25) is 5.02 Å². The van der Waals surface area contributed by atoms with Crippen molar-refractivity contribution in [2.75, 3.05) is 38.8 Å². The lowest BCUT2D eigenvalue weighted by molar-refractivity contribution is 0.154. The van der Waals surface area contributed by atoms with Crippen LogP contribution in [0.4, 0.5) is 0 Å². The van der Waals surface area contributed by atoms with Gasteiger partial charge in [0, 0.05) is 24.9 Å². The number of aliphatic imine (C=N–C) groups is 1. The van der Waals surface area contributed by atoms with E-state index < -0.39 is 9.84 Å². The lowest BCUT2D eigenvalue weighted by Gasteiger charge is -2.18. The van der Waals surface area contributed by atoms with Gasteiger partial charge in [-0.05, 0) is 24.6 Å². The van der Waals surface area contributed by atoms with E-state index in [1.54, 1.807) is 7.05 Å². The molecule has 0 fully saturated rings. The number of ether oxygens (including phenoxy) is 1. The van der Waals surface area contributed by atoms with Crippen molar-refractivity contribution >= 4 is 27.4 Å². The number of hydrogen-bond donors (Lipinski definition) is 2. The van der Waals surface area contributed by atoms with Gasteiger partial charge in [0.1, 0.15) is 9.84 Å². The molecule has 0 bridgehead atoms. The lowest BCUT2D eigenvalue weighted by atomic mass is 10.1. The predicted octanol–water partition coefficient (Wildman–Crippen LogP) is 1.63. The summed E-state index contributed by atoms with van der Waals surface area (Å²) in [7, 11) is -1.29. The largest absolute Gasteiger partial charge is 0.379 e. The molecule has 0 heterocycles. The van der Waals surface area contributed by atoms with Crippen molar-refractivity contribution in [3.05, 3.63) is 34.9 Å². The summed E-state index contributed by atoms with van der Waals surface area (Å²) in [5.41, 5.74) is 1.06. The van der Waals surface area contributed by atoms with Gasteiger partial charge in [-0.25, -0.2) is 8.42 Å². The molecular formula is C15H24ClN3O3S. The highest BCUT2D eigenvalue weighted by Crippen LogP contribution is 2.16. The molecule has 1 aromatic rings. The zero-order valence-electron chi connectivity index (χ0n) is 13.7. The van der Waals surface area contributed by atoms with Crippen molar-refractivity contribution in [3.63, 3.8) is 0 Å². The molecule has 0 aliphatic carbocycles. The van der Waals surface area contributed by atoms with Crippen molar-refractivity contribution in [3.8, 4) is 0 Å². The molecule has 0 aliphatic heterocycles. The minimum Gasteiger partial charge on any atom is -0.379 e. The summed E-state index contributed by atoms with van der Waals surface area (Å²) in [6, 6.07) is 7.68. The Balaban J connectivity index is 2.32. The summed E-state index contributed by atoms with van der Waals surface area (Å²) in [4.78, 5) is 4.14. The van der Waals surface area contributed by atoms with E-state index >= 15 is 0 Å². The SMILES string of the molecule is CN=C(NCCOCCS(C)(=O)=O)NC(C)c1cccc(Cl)c1. The van der Waals surface area contributed by atoms with Gasteiger partial charge in [0.15, 0.2) is 5.96 Å². The number of nitrogens with zero attached hydrogens (tertiary/aromatic N) is 1. The molecule has 0 saturated heterocycles. The van der Waals surface area contributed by atoms with Crippen LogP contribution in [0, 0.1) is 0 Å². The quantitative estimate of drug-likeness (QED) is 0.418. The summed E-state index contributed by atoms with van der Waals surface area (Å²) < 4.78 is 27.2. The Morgan fingerprint density at radius 2 is 2.13 bits per heavy atom. The third kappa shape index (κ3) is 8.78. The minimum absolute atomic E-state index is 0.0335. The second kappa shape index (κ2) is 9.75. The van der Waals surface area contributed by atoms with Crippen LogP contribution in [0.25, 0.3) is 0 Å². The molecule has 130 valence electrons. The van der Waals surface area contributed by atoms with Crippen LogP contribution in [-0.4, -0.2) is 53.2 Å². The first kappa shape index (κ1) is 19.7. The van der Waals surface area contributed by atoms with Crippen molar-refractivity contribution in [2.24, 2.45) is 4.99 Å². The fourth-order valence-corrected chi connectivity index (χ4v) is 2.43. The first-order chi connectivity index (χ1) is 10.8. The average Bonchev–Trinajstić information content (AvgIpc) is 2.48. The number of benzene rings is 1. The van der Waals surface area contributed by atoms with E-state index in [1.807, 2.05) is 31.2 Å². The zero-order valence-corrected chi connectivity index (χ0v) is 15.2. The maximum absolute atomic E-state index is 11.0. The fraction of sp³-hybridized carbons (Fsp3) is 0.533. The van der Waals surface area contributed by atoms with E-state index in [2.05, 4.69) is 15.6 Å². The number of rotatable bonds is 8. The molecule has 1 aromatic carbocycles. The average molecular weight is 362 g/mol. The molecule has 6 nitrogen and oxygen atoms in total. The van der Waals surface area contributed by atoms with Gasteiger partial charge in [-0.15, -0.1) is 0 Å². The summed E-state index contributed by atoms with van der Waals surface area (Å²) >= 11 is 5.99. The Morgan fingerprint density at radius 3 is 2.74 bits per heavy atom. The molecule has 8 heteroatoms. The second-order valence-corrected chi connectivity index (χ2v) is 7.86. The Morgan fingerprint density at radius 1 is 1.39 bits per heavy atom. The summed E-state index contributed by atoms with van der Waals surface area (Å²) in [5.74, 6) is 0.676. The summed E-state index contributed by atoms with van der Waals surface area (Å²) in [6.45, 7) is 3.15. The van der Waals surface area contributed by atoms with E-state index in [0.717, 1.165) is 5.56 Å². The third-order valence-corrected chi connectivity index (χ3v) is 4.21. The molecule has 23 heavy (non-hydrogen) atoms. The van der Waals surface area contributed by atoms with Crippen LogP contribution < -0.4 is 10.6 Å². The number of guanidine groups is 1. The van der Waals surface area contributed by atoms with Crippen molar-refractivity contribution in [2.45, 2.75) is 13.0 Å². The highest BCUT2D eigenvalue weighted by Gasteiger charge is 2.08. The van der Waals surface area contributed by atoms with Crippen LogP contribution >= 0.6 is 11.6 Å². The molecule has 2 N–H and O–H groups in total. The molecule has 0 radical (unpaired) electrons. The van der Waals surface area contributed by atoms with Gasteiger partial charge in [0.2, 0.25) is 0 Å². The van der Waals surface area contributed by atoms with Crippen molar-refractivity contribution in [1.29, 1.82) is 0 Å². The number of nitrogens with one attached hydrogen (secondary N) is 2. The van der Waals surface area contributed by atoms with Gasteiger partial charge in [-0.1, -0.05) is 23.7 Å². The molecule has 0 aliphatic rings. The van der Waals surface area contributed by atoms with Gasteiger partial charge in [-0.2, -0.15) is 0 Å². The van der Waals surface area contributed by atoms with Crippen LogP contribution in [-0.2, 0) is 14.6 Å². The maximum Gasteiger partial charge on any atom is 0.191 e. The Bertz CT molecular complexity index is 620. The monoisotopic (exact) mass is 361 g/mol. The van der Waals surface area contributed by atoms with E-state index in [1.165, 1.54) is 6.26 Å². The van der Waals surface area contributed by atoms with E-state index in [-0.39, 0.29) is 18.4 Å². The maximum atomic E-state index is 11.0. The molecule has 0 amide bonds. The van der Waals surface area contributed by atoms with E-state index in [0.29, 0.717) is 24.1 Å². The first-order valence-corrected chi connectivity index (χ1v) is 9.74. The van der Waals surface area contributed by atoms with Gasteiger partial charge in [0.05, 0.1) is 25.0 Å². The minimum atomic E-state index is -2.97. The Hall–Kier alpha value is -1.31. The lowest BCUT2D eigenvalue weighted by Crippen LogP contribution is -2.40. The smallest absolute Gasteiger partial charge is 0.191 e. The molecule has 1 unspecified atom stereocenters. The van der Waals surface area contributed by atoms with Crippen molar-refractivity contribution in [1.82, 2.24) is 10.6 Å². The summed E-state index contributed by atoms with van der Waals surface area (Å²) in [6.07, 6.45) is 1.19. The molecular weight excluding hydrogens is 338 g/mol. The first-order valence-electron chi connectivity index (χ1n) is 7.30. The van der Waals surface area contributed by atoms with Crippen LogP contribution in [0.3, 0.4) is 0 Å². The molecule has 0 aromatic heterocycles. The zero-order chi connectivity index (χ0) is 17.3. The second-order valence-electron chi connectivity index (χ2n) is 5.16. The highest BCUT2D eigenvalue weighted by atomic mass is 35.5.